The van der Waals surface area contributed by atoms with Gasteiger partial charge >= 0.3 is 0 Å². The van der Waals surface area contributed by atoms with Gasteiger partial charge in [-0.3, -0.25) is 0 Å². The fourth-order valence-electron chi connectivity index (χ4n) is 1.43. The molecule has 0 radical (unpaired) electrons. The van der Waals surface area contributed by atoms with Gasteiger partial charge in [0.2, 0.25) is 11.9 Å². The molecule has 3 N–H and O–H groups in total. The predicted octanol–water partition coefficient (Wildman–Crippen LogP) is 0.119. The first kappa shape index (κ1) is 14.1. The Morgan fingerprint density at radius 1 is 1.35 bits per heavy atom. The smallest absolute Gasteiger partial charge is 0.258 e. The van der Waals surface area contributed by atoms with Crippen LogP contribution >= 0.6 is 0 Å². The molecule has 0 bridgehead atoms. The Kier molecular flexibility index (Phi) is 4.77. The van der Waals surface area contributed by atoms with Gasteiger partial charge in [0.25, 0.3) is 5.95 Å². The quantitative estimate of drug-likeness (QED) is 0.686. The van der Waals surface area contributed by atoms with Crippen LogP contribution in [0.25, 0.3) is 5.95 Å². The normalized spacial score (nSPS) is 10.9. The second-order valence-corrected chi connectivity index (χ2v) is 4.55. The summed E-state index contributed by atoms with van der Waals surface area (Å²) in [4.78, 5) is 16.0. The zero-order chi connectivity index (χ0) is 14.4. The minimum atomic E-state index is 0.121. The molecule has 0 unspecified atom stereocenters. The van der Waals surface area contributed by atoms with E-state index in [4.69, 9.17) is 10.5 Å². The van der Waals surface area contributed by atoms with Gasteiger partial charge in [-0.25, -0.2) is 4.98 Å². The number of hydrogen-bond donors (Lipinski definition) is 2. The van der Waals surface area contributed by atoms with Crippen molar-refractivity contribution in [2.24, 2.45) is 5.92 Å². The van der Waals surface area contributed by atoms with Crippen LogP contribution in [0.2, 0.25) is 0 Å². The van der Waals surface area contributed by atoms with Crippen molar-refractivity contribution in [3.05, 3.63) is 12.7 Å². The largest absolute Gasteiger partial charge is 0.379 e. The zero-order valence-corrected chi connectivity index (χ0v) is 11.5. The van der Waals surface area contributed by atoms with Gasteiger partial charge in [-0.1, -0.05) is 13.8 Å². The van der Waals surface area contributed by atoms with Crippen molar-refractivity contribution >= 4 is 11.9 Å². The maximum Gasteiger partial charge on any atom is 0.258 e. The first-order chi connectivity index (χ1) is 9.65. The molecular weight excluding hydrogens is 260 g/mol. The fraction of sp³-hybridized carbons (Fsp3) is 0.545. The molecule has 0 saturated carbocycles. The van der Waals surface area contributed by atoms with Crippen molar-refractivity contribution in [3.8, 4) is 5.95 Å². The van der Waals surface area contributed by atoms with E-state index in [9.17, 15) is 0 Å². The van der Waals surface area contributed by atoms with Crippen LogP contribution in [-0.4, -0.2) is 49.5 Å². The van der Waals surface area contributed by atoms with Crippen LogP contribution in [-0.2, 0) is 4.74 Å². The number of hydrogen-bond acceptors (Lipinski definition) is 8. The van der Waals surface area contributed by atoms with Crippen LogP contribution in [0.3, 0.4) is 0 Å². The summed E-state index contributed by atoms with van der Waals surface area (Å²) in [5, 5.41) is 6.98. The highest BCUT2D eigenvalue weighted by Crippen LogP contribution is 2.05. The summed E-state index contributed by atoms with van der Waals surface area (Å²) in [6.45, 7) is 6.09. The number of nitrogens with one attached hydrogen (secondary N) is 1. The van der Waals surface area contributed by atoms with E-state index in [0.717, 1.165) is 6.61 Å². The van der Waals surface area contributed by atoms with Crippen molar-refractivity contribution in [3.63, 3.8) is 0 Å². The topological polar surface area (TPSA) is 117 Å². The molecule has 9 heteroatoms. The average molecular weight is 278 g/mol. The molecule has 0 atom stereocenters. The highest BCUT2D eigenvalue weighted by atomic mass is 16.5. The third-order valence-electron chi connectivity index (χ3n) is 2.25. The molecule has 9 nitrogen and oxygen atoms in total. The summed E-state index contributed by atoms with van der Waals surface area (Å²) in [5.41, 5.74) is 5.64. The Bertz CT molecular complexity index is 527. The fourth-order valence-corrected chi connectivity index (χ4v) is 1.43. The zero-order valence-electron chi connectivity index (χ0n) is 11.5. The number of rotatable bonds is 7. The molecule has 0 amide bonds. The Balaban J connectivity index is 1.92. The van der Waals surface area contributed by atoms with Crippen LogP contribution in [0.15, 0.2) is 12.7 Å². The molecule has 0 aliphatic carbocycles. The van der Waals surface area contributed by atoms with Crippen molar-refractivity contribution in [1.82, 2.24) is 29.7 Å². The Morgan fingerprint density at radius 2 is 2.20 bits per heavy atom. The SMILES string of the molecule is CC(C)COCCNc1nc(N)nc(-n2cncn2)n1. The molecule has 108 valence electrons. The van der Waals surface area contributed by atoms with E-state index in [2.05, 4.69) is 44.2 Å². The average Bonchev–Trinajstić information content (AvgIpc) is 2.91. The number of nitrogen functional groups attached to an aromatic ring is 1. The lowest BCUT2D eigenvalue weighted by Gasteiger charge is -2.08. The molecule has 0 aromatic carbocycles. The summed E-state index contributed by atoms with van der Waals surface area (Å²) < 4.78 is 6.87. The van der Waals surface area contributed by atoms with Gasteiger partial charge in [-0.2, -0.15) is 24.7 Å². The third-order valence-corrected chi connectivity index (χ3v) is 2.25. The minimum absolute atomic E-state index is 0.121. The van der Waals surface area contributed by atoms with Crippen molar-refractivity contribution in [2.75, 3.05) is 30.8 Å². The van der Waals surface area contributed by atoms with E-state index >= 15 is 0 Å². The van der Waals surface area contributed by atoms with Gasteiger partial charge in [-0.15, -0.1) is 0 Å². The Morgan fingerprint density at radius 3 is 2.90 bits per heavy atom. The number of aromatic nitrogens is 6. The highest BCUT2D eigenvalue weighted by Gasteiger charge is 2.06. The van der Waals surface area contributed by atoms with Gasteiger partial charge in [0.05, 0.1) is 6.61 Å². The van der Waals surface area contributed by atoms with Crippen LogP contribution in [0, 0.1) is 5.92 Å². The lowest BCUT2D eigenvalue weighted by atomic mass is 10.2. The maximum absolute atomic E-state index is 5.64. The maximum atomic E-state index is 5.64. The lowest BCUT2D eigenvalue weighted by molar-refractivity contribution is 0.118. The molecule has 0 aliphatic heterocycles. The summed E-state index contributed by atoms with van der Waals surface area (Å²) in [6, 6.07) is 0. The number of anilines is 2. The molecule has 2 aromatic heterocycles. The summed E-state index contributed by atoms with van der Waals surface area (Å²) >= 11 is 0. The predicted molar refractivity (Wildman–Crippen MR) is 73.3 cm³/mol. The van der Waals surface area contributed by atoms with Gasteiger partial charge in [0, 0.05) is 13.2 Å². The van der Waals surface area contributed by atoms with Gasteiger partial charge < -0.3 is 15.8 Å². The van der Waals surface area contributed by atoms with Crippen molar-refractivity contribution in [2.45, 2.75) is 13.8 Å². The second kappa shape index (κ2) is 6.75. The van der Waals surface area contributed by atoms with E-state index < -0.39 is 0 Å². The van der Waals surface area contributed by atoms with Crippen LogP contribution in [0.5, 0.6) is 0 Å². The van der Waals surface area contributed by atoms with E-state index in [-0.39, 0.29) is 5.95 Å². The van der Waals surface area contributed by atoms with E-state index in [0.29, 0.717) is 31.0 Å². The molecule has 0 saturated heterocycles. The molecule has 2 aromatic rings. The highest BCUT2D eigenvalue weighted by molar-refractivity contribution is 5.34. The molecule has 2 rings (SSSR count). The number of ether oxygens (including phenoxy) is 1. The standard InChI is InChI=1S/C11H18N8O/c1-8(2)5-20-4-3-14-10-16-9(12)17-11(18-10)19-7-13-6-15-19/h6-8H,3-5H2,1-2H3,(H3,12,14,16,17,18). The van der Waals surface area contributed by atoms with E-state index in [1.165, 1.54) is 17.3 Å². The van der Waals surface area contributed by atoms with Crippen molar-refractivity contribution < 1.29 is 4.74 Å². The third kappa shape index (κ3) is 4.12. The van der Waals surface area contributed by atoms with Crippen LogP contribution in [0.1, 0.15) is 13.8 Å². The molecular formula is C11H18N8O. The van der Waals surface area contributed by atoms with Gasteiger partial charge in [0.1, 0.15) is 12.7 Å². The lowest BCUT2D eigenvalue weighted by Crippen LogP contribution is -2.16. The molecule has 0 spiro atoms. The summed E-state index contributed by atoms with van der Waals surface area (Å²) in [6.07, 6.45) is 2.89. The summed E-state index contributed by atoms with van der Waals surface area (Å²) in [7, 11) is 0. The van der Waals surface area contributed by atoms with Crippen LogP contribution in [0.4, 0.5) is 11.9 Å². The molecule has 2 heterocycles. The summed E-state index contributed by atoms with van der Waals surface area (Å²) in [5.74, 6) is 1.34. The molecule has 0 fully saturated rings. The van der Waals surface area contributed by atoms with E-state index in [1.807, 2.05) is 0 Å². The monoisotopic (exact) mass is 278 g/mol. The minimum Gasteiger partial charge on any atom is -0.379 e. The second-order valence-electron chi connectivity index (χ2n) is 4.55. The first-order valence-corrected chi connectivity index (χ1v) is 6.33. The molecule has 0 aliphatic rings. The van der Waals surface area contributed by atoms with E-state index in [1.54, 1.807) is 0 Å². The molecule has 20 heavy (non-hydrogen) atoms. The number of nitrogens with zero attached hydrogens (tertiary/aromatic N) is 6. The number of nitrogens with two attached hydrogens (primary N) is 1. The van der Waals surface area contributed by atoms with Crippen LogP contribution < -0.4 is 11.1 Å². The Labute approximate surface area is 116 Å². The van der Waals surface area contributed by atoms with Crippen molar-refractivity contribution in [1.29, 1.82) is 0 Å². The first-order valence-electron chi connectivity index (χ1n) is 6.33. The van der Waals surface area contributed by atoms with Gasteiger partial charge in [0.15, 0.2) is 0 Å². The Hall–Kier alpha value is -2.29. The van der Waals surface area contributed by atoms with Gasteiger partial charge in [-0.05, 0) is 5.92 Å².